The molecule has 0 atom stereocenters. The fraction of sp³-hybridized carbons (Fsp3) is 0.611. The number of rotatable bonds is 2. The van der Waals surface area contributed by atoms with Gasteiger partial charge in [0.25, 0.3) is 0 Å². The number of hydrogen-bond donors (Lipinski definition) is 2. The minimum absolute atomic E-state index is 0.255. The van der Waals surface area contributed by atoms with Crippen LogP contribution in [-0.4, -0.2) is 10.7 Å². The Bertz CT molecular complexity index is 578. The van der Waals surface area contributed by atoms with Gasteiger partial charge in [-0.25, -0.2) is 0 Å². The van der Waals surface area contributed by atoms with Crippen LogP contribution in [0.4, 0.5) is 5.69 Å². The molecular formula is C18H23ClN2S. The summed E-state index contributed by atoms with van der Waals surface area (Å²) in [5, 5.41) is 8.56. The van der Waals surface area contributed by atoms with Gasteiger partial charge in [0, 0.05) is 16.2 Å². The molecule has 0 aromatic heterocycles. The van der Waals surface area contributed by atoms with Crippen LogP contribution in [0.2, 0.25) is 5.02 Å². The van der Waals surface area contributed by atoms with Crippen LogP contribution >= 0.6 is 23.8 Å². The minimum atomic E-state index is 0.255. The van der Waals surface area contributed by atoms with Gasteiger partial charge < -0.3 is 10.6 Å². The third-order valence-electron chi connectivity index (χ3n) is 5.86. The molecule has 0 amide bonds. The Morgan fingerprint density at radius 1 is 1.14 bits per heavy atom. The van der Waals surface area contributed by atoms with E-state index in [0.717, 1.165) is 33.6 Å². The fourth-order valence-electron chi connectivity index (χ4n) is 5.39. The van der Waals surface area contributed by atoms with E-state index >= 15 is 0 Å². The Balaban J connectivity index is 1.47. The Morgan fingerprint density at radius 2 is 1.73 bits per heavy atom. The van der Waals surface area contributed by atoms with Gasteiger partial charge in [-0.1, -0.05) is 17.7 Å². The van der Waals surface area contributed by atoms with E-state index in [1.54, 1.807) is 0 Å². The monoisotopic (exact) mass is 334 g/mol. The molecule has 118 valence electrons. The molecule has 4 aliphatic rings. The number of hydrogen-bond acceptors (Lipinski definition) is 1. The zero-order valence-corrected chi connectivity index (χ0v) is 14.6. The van der Waals surface area contributed by atoms with Crippen LogP contribution in [0.1, 0.15) is 44.1 Å². The highest BCUT2D eigenvalue weighted by molar-refractivity contribution is 7.80. The molecule has 0 saturated heterocycles. The van der Waals surface area contributed by atoms with Crippen molar-refractivity contribution in [1.29, 1.82) is 0 Å². The van der Waals surface area contributed by atoms with E-state index in [-0.39, 0.29) is 5.54 Å². The molecule has 0 spiro atoms. The predicted octanol–water partition coefficient (Wildman–Crippen LogP) is 4.90. The quantitative estimate of drug-likeness (QED) is 0.752. The van der Waals surface area contributed by atoms with Crippen LogP contribution in [0.3, 0.4) is 0 Å². The molecular weight excluding hydrogens is 312 g/mol. The van der Waals surface area contributed by atoms with Gasteiger partial charge in [0.2, 0.25) is 0 Å². The van der Waals surface area contributed by atoms with E-state index in [1.807, 2.05) is 18.2 Å². The maximum atomic E-state index is 6.10. The molecule has 4 fully saturated rings. The number of halogens is 1. The molecule has 0 aliphatic heterocycles. The average molecular weight is 335 g/mol. The molecule has 22 heavy (non-hydrogen) atoms. The smallest absolute Gasteiger partial charge is 0.171 e. The first-order valence-electron chi connectivity index (χ1n) is 8.37. The molecule has 4 bridgehead atoms. The second-order valence-electron chi connectivity index (χ2n) is 7.74. The Kier molecular flexibility index (Phi) is 3.61. The predicted molar refractivity (Wildman–Crippen MR) is 96.4 cm³/mol. The normalized spacial score (nSPS) is 35.5. The summed E-state index contributed by atoms with van der Waals surface area (Å²) in [6.45, 7) is 2.08. The summed E-state index contributed by atoms with van der Waals surface area (Å²) in [7, 11) is 0. The van der Waals surface area contributed by atoms with Crippen molar-refractivity contribution in [3.8, 4) is 0 Å². The first kappa shape index (κ1) is 14.8. The lowest BCUT2D eigenvalue weighted by Crippen LogP contribution is -2.60. The fourth-order valence-corrected chi connectivity index (χ4v) is 5.89. The van der Waals surface area contributed by atoms with E-state index in [1.165, 1.54) is 44.1 Å². The Labute approximate surface area is 143 Å². The number of thiocarbonyl (C=S) groups is 1. The summed E-state index contributed by atoms with van der Waals surface area (Å²) >= 11 is 11.7. The van der Waals surface area contributed by atoms with E-state index < -0.39 is 0 Å². The van der Waals surface area contributed by atoms with Crippen LogP contribution in [-0.2, 0) is 0 Å². The summed E-state index contributed by atoms with van der Waals surface area (Å²) in [5.74, 6) is 2.78. The summed E-state index contributed by atoms with van der Waals surface area (Å²) in [5.41, 5.74) is 2.43. The van der Waals surface area contributed by atoms with Crippen LogP contribution in [0.15, 0.2) is 18.2 Å². The second-order valence-corrected chi connectivity index (χ2v) is 8.58. The lowest BCUT2D eigenvalue weighted by Gasteiger charge is -2.57. The van der Waals surface area contributed by atoms with E-state index in [4.69, 9.17) is 23.8 Å². The zero-order chi connectivity index (χ0) is 15.3. The van der Waals surface area contributed by atoms with Gasteiger partial charge >= 0.3 is 0 Å². The van der Waals surface area contributed by atoms with Crippen molar-refractivity contribution in [3.05, 3.63) is 28.8 Å². The van der Waals surface area contributed by atoms with Gasteiger partial charge in [0.1, 0.15) is 0 Å². The van der Waals surface area contributed by atoms with Crippen molar-refractivity contribution in [2.75, 3.05) is 5.32 Å². The number of aryl methyl sites for hydroxylation is 1. The lowest BCUT2D eigenvalue weighted by molar-refractivity contribution is -0.00972. The molecule has 4 saturated carbocycles. The lowest BCUT2D eigenvalue weighted by atomic mass is 9.53. The summed E-state index contributed by atoms with van der Waals surface area (Å²) in [6.07, 6.45) is 8.26. The third-order valence-corrected chi connectivity index (χ3v) is 6.30. The Hall–Kier alpha value is -0.800. The van der Waals surface area contributed by atoms with Gasteiger partial charge in [-0.15, -0.1) is 0 Å². The van der Waals surface area contributed by atoms with Gasteiger partial charge in [0.05, 0.1) is 0 Å². The van der Waals surface area contributed by atoms with E-state index in [9.17, 15) is 0 Å². The maximum Gasteiger partial charge on any atom is 0.171 e. The van der Waals surface area contributed by atoms with Gasteiger partial charge in [-0.2, -0.15) is 0 Å². The topological polar surface area (TPSA) is 24.1 Å². The molecule has 0 heterocycles. The number of benzene rings is 1. The molecule has 2 nitrogen and oxygen atoms in total. The highest BCUT2D eigenvalue weighted by atomic mass is 35.5. The zero-order valence-electron chi connectivity index (χ0n) is 13.0. The molecule has 5 rings (SSSR count). The van der Waals surface area contributed by atoms with Gasteiger partial charge in [-0.05, 0) is 93.1 Å². The first-order valence-corrected chi connectivity index (χ1v) is 9.15. The highest BCUT2D eigenvalue weighted by Gasteiger charge is 2.51. The largest absolute Gasteiger partial charge is 0.357 e. The van der Waals surface area contributed by atoms with E-state index in [2.05, 4.69) is 17.6 Å². The van der Waals surface area contributed by atoms with Crippen molar-refractivity contribution in [1.82, 2.24) is 5.32 Å². The van der Waals surface area contributed by atoms with Crippen molar-refractivity contribution in [3.63, 3.8) is 0 Å². The Morgan fingerprint density at radius 3 is 2.32 bits per heavy atom. The van der Waals surface area contributed by atoms with Crippen LogP contribution in [0, 0.1) is 24.7 Å². The van der Waals surface area contributed by atoms with Crippen molar-refractivity contribution in [2.45, 2.75) is 51.0 Å². The summed E-state index contributed by atoms with van der Waals surface area (Å²) in [6, 6.07) is 5.89. The summed E-state index contributed by atoms with van der Waals surface area (Å²) < 4.78 is 0. The first-order chi connectivity index (χ1) is 10.5. The second kappa shape index (κ2) is 5.38. The molecule has 1 aromatic rings. The molecule has 4 aliphatic carbocycles. The van der Waals surface area contributed by atoms with E-state index in [0.29, 0.717) is 0 Å². The van der Waals surface area contributed by atoms with Crippen molar-refractivity contribution < 1.29 is 0 Å². The molecule has 4 heteroatoms. The van der Waals surface area contributed by atoms with Crippen molar-refractivity contribution in [2.24, 2.45) is 17.8 Å². The number of nitrogens with one attached hydrogen (secondary N) is 2. The number of anilines is 1. The SMILES string of the molecule is Cc1ccc(Cl)cc1NC(=S)NC12CC3CC(CC(C3)C1)C2. The van der Waals surface area contributed by atoms with Gasteiger partial charge in [0.15, 0.2) is 5.11 Å². The van der Waals surface area contributed by atoms with Crippen LogP contribution < -0.4 is 10.6 Å². The standard InChI is InChI=1S/C18H23ClN2S/c1-11-2-3-15(19)7-16(11)20-17(22)21-18-8-12-4-13(9-18)6-14(5-12)10-18/h2-3,7,12-14H,4-6,8-10H2,1H3,(H2,20,21,22). The maximum absolute atomic E-state index is 6.10. The molecule has 2 N–H and O–H groups in total. The van der Waals surface area contributed by atoms with Crippen LogP contribution in [0.5, 0.6) is 0 Å². The van der Waals surface area contributed by atoms with Crippen molar-refractivity contribution >= 4 is 34.6 Å². The third kappa shape index (κ3) is 2.74. The molecule has 0 radical (unpaired) electrons. The highest BCUT2D eigenvalue weighted by Crippen LogP contribution is 2.55. The van der Waals surface area contributed by atoms with Crippen LogP contribution in [0.25, 0.3) is 0 Å². The summed E-state index contributed by atoms with van der Waals surface area (Å²) in [4.78, 5) is 0. The van der Waals surface area contributed by atoms with Gasteiger partial charge in [-0.3, -0.25) is 0 Å². The average Bonchev–Trinajstić information content (AvgIpc) is 2.40. The minimum Gasteiger partial charge on any atom is -0.357 e. The molecule has 0 unspecified atom stereocenters. The molecule has 1 aromatic carbocycles.